The molecule has 0 saturated carbocycles. The van der Waals surface area contributed by atoms with Crippen LogP contribution in [-0.2, 0) is 14.1 Å². The molecular formula is C17H19N3O2S. The first kappa shape index (κ1) is 16.8. The quantitative estimate of drug-likeness (QED) is 0.694. The summed E-state index contributed by atoms with van der Waals surface area (Å²) >= 11 is 5.07. The van der Waals surface area contributed by atoms with Crippen LogP contribution in [0.15, 0.2) is 34.8 Å². The van der Waals surface area contributed by atoms with Crippen LogP contribution < -0.4 is 10.5 Å². The number of nitrogens with zero attached hydrogens (tertiary/aromatic N) is 3. The first-order valence-electron chi connectivity index (χ1n) is 7.01. The van der Waals surface area contributed by atoms with Crippen molar-refractivity contribution in [3.05, 3.63) is 56.2 Å². The number of hydrogen-bond acceptors (Lipinski definition) is 4. The van der Waals surface area contributed by atoms with Crippen molar-refractivity contribution in [2.24, 2.45) is 14.1 Å². The Labute approximate surface area is 140 Å². The van der Waals surface area contributed by atoms with E-state index in [9.17, 15) is 9.90 Å². The summed E-state index contributed by atoms with van der Waals surface area (Å²) in [6, 6.07) is 7.91. The summed E-state index contributed by atoms with van der Waals surface area (Å²) in [5.74, 6) is -0.165. The van der Waals surface area contributed by atoms with Crippen LogP contribution in [0, 0.1) is 4.77 Å². The summed E-state index contributed by atoms with van der Waals surface area (Å²) < 4.78 is 2.96. The minimum Gasteiger partial charge on any atom is -0.494 e. The van der Waals surface area contributed by atoms with Crippen LogP contribution in [0.25, 0.3) is 12.2 Å². The smallest absolute Gasteiger partial charge is 0.265 e. The fourth-order valence-electron chi connectivity index (χ4n) is 2.08. The van der Waals surface area contributed by atoms with Gasteiger partial charge in [-0.25, -0.2) is 0 Å². The van der Waals surface area contributed by atoms with Gasteiger partial charge >= 0.3 is 0 Å². The van der Waals surface area contributed by atoms with Gasteiger partial charge in [0, 0.05) is 33.9 Å². The van der Waals surface area contributed by atoms with E-state index in [4.69, 9.17) is 12.2 Å². The highest BCUT2D eigenvalue weighted by Crippen LogP contribution is 2.15. The lowest BCUT2D eigenvalue weighted by molar-refractivity contribution is 0.414. The SMILES string of the molecule is CN(C)c1ccc(C=C=Cc2c(O)n(C)c(=S)n(C)c2=O)cc1. The molecule has 0 fully saturated rings. The molecule has 2 rings (SSSR count). The molecule has 0 atom stereocenters. The van der Waals surface area contributed by atoms with Gasteiger partial charge in [-0.05, 0) is 42.1 Å². The molecule has 120 valence electrons. The lowest BCUT2D eigenvalue weighted by Crippen LogP contribution is -2.23. The van der Waals surface area contributed by atoms with Crippen molar-refractivity contribution in [2.45, 2.75) is 0 Å². The minimum absolute atomic E-state index is 0.157. The molecule has 0 saturated heterocycles. The largest absolute Gasteiger partial charge is 0.494 e. The maximum atomic E-state index is 12.2. The maximum absolute atomic E-state index is 12.2. The van der Waals surface area contributed by atoms with Gasteiger partial charge in [0.2, 0.25) is 5.88 Å². The summed E-state index contributed by atoms with van der Waals surface area (Å²) in [6.07, 6.45) is 3.21. The topological polar surface area (TPSA) is 50.4 Å². The van der Waals surface area contributed by atoms with Crippen molar-refractivity contribution in [2.75, 3.05) is 19.0 Å². The van der Waals surface area contributed by atoms with Crippen LogP contribution in [0.3, 0.4) is 0 Å². The van der Waals surface area contributed by atoms with Gasteiger partial charge in [0.15, 0.2) is 4.77 Å². The van der Waals surface area contributed by atoms with Gasteiger partial charge in [-0.1, -0.05) is 12.1 Å². The highest BCUT2D eigenvalue weighted by Gasteiger charge is 2.09. The van der Waals surface area contributed by atoms with Crippen LogP contribution in [0.1, 0.15) is 11.1 Å². The maximum Gasteiger partial charge on any atom is 0.265 e. The average molecular weight is 329 g/mol. The minimum atomic E-state index is -0.352. The monoisotopic (exact) mass is 329 g/mol. The van der Waals surface area contributed by atoms with E-state index < -0.39 is 0 Å². The van der Waals surface area contributed by atoms with Crippen LogP contribution in [-0.4, -0.2) is 28.3 Å². The molecule has 0 spiro atoms. The number of aromatic nitrogens is 2. The second-order valence-corrected chi connectivity index (χ2v) is 5.75. The van der Waals surface area contributed by atoms with E-state index in [1.54, 1.807) is 20.2 Å². The first-order chi connectivity index (χ1) is 10.8. The molecule has 1 aromatic heterocycles. The molecule has 1 aromatic carbocycles. The predicted molar refractivity (Wildman–Crippen MR) is 96.4 cm³/mol. The third-order valence-electron chi connectivity index (χ3n) is 3.55. The first-order valence-corrected chi connectivity index (χ1v) is 7.42. The molecule has 0 aliphatic carbocycles. The zero-order valence-electron chi connectivity index (χ0n) is 13.6. The lowest BCUT2D eigenvalue weighted by atomic mass is 10.2. The fourth-order valence-corrected chi connectivity index (χ4v) is 2.25. The van der Waals surface area contributed by atoms with Crippen LogP contribution in [0.2, 0.25) is 0 Å². The van der Waals surface area contributed by atoms with Crippen LogP contribution >= 0.6 is 12.2 Å². The van der Waals surface area contributed by atoms with Gasteiger partial charge in [0.25, 0.3) is 5.56 Å². The predicted octanol–water partition coefficient (Wildman–Crippen LogP) is 2.55. The average Bonchev–Trinajstić information content (AvgIpc) is 2.54. The van der Waals surface area contributed by atoms with Gasteiger partial charge < -0.3 is 10.0 Å². The Kier molecular flexibility index (Phi) is 4.89. The molecule has 0 aliphatic heterocycles. The summed E-state index contributed by atoms with van der Waals surface area (Å²) in [7, 11) is 7.14. The van der Waals surface area contributed by atoms with Crippen LogP contribution in [0.4, 0.5) is 5.69 Å². The summed E-state index contributed by atoms with van der Waals surface area (Å²) in [6.45, 7) is 0. The van der Waals surface area contributed by atoms with Gasteiger partial charge in [-0.3, -0.25) is 13.9 Å². The standard InChI is InChI=1S/C17H19N3O2S/c1-18(2)13-10-8-12(9-11-13)6-5-7-14-15(21)19(3)17(23)20(4)16(14)22/h6-11,21H,1-4H3. The number of benzene rings is 1. The zero-order valence-corrected chi connectivity index (χ0v) is 14.4. The van der Waals surface area contributed by atoms with E-state index in [0.717, 1.165) is 11.3 Å². The second kappa shape index (κ2) is 6.69. The van der Waals surface area contributed by atoms with Crippen molar-refractivity contribution in [1.82, 2.24) is 9.13 Å². The van der Waals surface area contributed by atoms with E-state index in [2.05, 4.69) is 5.73 Å². The van der Waals surface area contributed by atoms with Crippen LogP contribution in [0.5, 0.6) is 5.88 Å². The van der Waals surface area contributed by atoms with Crippen molar-refractivity contribution < 1.29 is 5.11 Å². The van der Waals surface area contributed by atoms with Crippen molar-refractivity contribution >= 4 is 30.1 Å². The Morgan fingerprint density at radius 3 is 2.30 bits per heavy atom. The summed E-state index contributed by atoms with van der Waals surface area (Å²) in [4.78, 5) is 14.2. The molecule has 0 bridgehead atoms. The van der Waals surface area contributed by atoms with Gasteiger partial charge in [0.05, 0.1) is 0 Å². The highest BCUT2D eigenvalue weighted by molar-refractivity contribution is 7.71. The molecule has 0 unspecified atom stereocenters. The third-order valence-corrected chi connectivity index (χ3v) is 4.10. The molecule has 1 N–H and O–H groups in total. The van der Waals surface area contributed by atoms with Crippen molar-refractivity contribution in [3.63, 3.8) is 0 Å². The molecule has 0 radical (unpaired) electrons. The Hall–Kier alpha value is -2.56. The summed E-state index contributed by atoms with van der Waals surface area (Å²) in [5, 5.41) is 10.1. The number of rotatable bonds is 3. The molecule has 0 amide bonds. The summed E-state index contributed by atoms with van der Waals surface area (Å²) in [5.41, 5.74) is 4.80. The van der Waals surface area contributed by atoms with E-state index >= 15 is 0 Å². The van der Waals surface area contributed by atoms with Gasteiger partial charge in [-0.15, -0.1) is 5.73 Å². The third kappa shape index (κ3) is 3.44. The zero-order chi connectivity index (χ0) is 17.1. The molecule has 2 aromatic rings. The molecule has 0 aliphatic rings. The van der Waals surface area contributed by atoms with Gasteiger partial charge in [-0.2, -0.15) is 0 Å². The second-order valence-electron chi connectivity index (χ2n) is 5.38. The van der Waals surface area contributed by atoms with Gasteiger partial charge in [0.1, 0.15) is 5.56 Å². The van der Waals surface area contributed by atoms with E-state index in [1.807, 2.05) is 43.3 Å². The Morgan fingerprint density at radius 1 is 1.13 bits per heavy atom. The molecule has 6 heteroatoms. The highest BCUT2D eigenvalue weighted by atomic mass is 32.1. The Morgan fingerprint density at radius 2 is 1.74 bits per heavy atom. The lowest BCUT2D eigenvalue weighted by Gasteiger charge is -2.11. The molecular weight excluding hydrogens is 310 g/mol. The molecule has 1 heterocycles. The Bertz CT molecular complexity index is 899. The number of aromatic hydroxyl groups is 1. The molecule has 5 nitrogen and oxygen atoms in total. The van der Waals surface area contributed by atoms with E-state index in [-0.39, 0.29) is 21.8 Å². The normalized spacial score (nSPS) is 10.1. The molecule has 23 heavy (non-hydrogen) atoms. The number of anilines is 1. The van der Waals surface area contributed by atoms with E-state index in [0.29, 0.717) is 0 Å². The Balaban J connectivity index is 2.41. The number of hydrogen-bond donors (Lipinski definition) is 1. The fraction of sp³-hybridized carbons (Fsp3) is 0.235. The van der Waals surface area contributed by atoms with Crippen molar-refractivity contribution in [3.8, 4) is 5.88 Å². The van der Waals surface area contributed by atoms with Crippen molar-refractivity contribution in [1.29, 1.82) is 0 Å². The van der Waals surface area contributed by atoms with E-state index in [1.165, 1.54) is 15.2 Å².